The number of anilines is 2. The number of carbonyl (C=O) groups excluding carboxylic acids is 1. The molecule has 0 spiro atoms. The number of nitrogens with one attached hydrogen (secondary N) is 2. The third kappa shape index (κ3) is 3.55. The third-order valence-electron chi connectivity index (χ3n) is 6.94. The molecule has 0 atom stereocenters. The van der Waals surface area contributed by atoms with Gasteiger partial charge in [0.05, 0.1) is 28.7 Å². The Kier molecular flexibility index (Phi) is 5.05. The van der Waals surface area contributed by atoms with Gasteiger partial charge in [-0.05, 0) is 36.2 Å². The Morgan fingerprint density at radius 2 is 1.97 bits per heavy atom. The second-order valence-electron chi connectivity index (χ2n) is 9.05. The molecule has 0 bridgehead atoms. The van der Waals surface area contributed by atoms with Crippen molar-refractivity contribution in [3.63, 3.8) is 0 Å². The van der Waals surface area contributed by atoms with Crippen molar-refractivity contribution in [3.8, 4) is 11.3 Å². The van der Waals surface area contributed by atoms with E-state index in [1.807, 2.05) is 18.2 Å². The molecule has 0 radical (unpaired) electrons. The molecule has 9 heteroatoms. The van der Waals surface area contributed by atoms with Crippen LogP contribution >= 0.6 is 0 Å². The molecular formula is C26H24FN5O3. The van der Waals surface area contributed by atoms with Gasteiger partial charge in [-0.1, -0.05) is 12.1 Å². The second-order valence-corrected chi connectivity index (χ2v) is 9.05. The lowest BCUT2D eigenvalue weighted by molar-refractivity contribution is -0.0680. The number of hydrogen-bond acceptors (Lipinski definition) is 6. The fraction of sp³-hybridized carbons (Fsp3) is 0.269. The first-order valence-corrected chi connectivity index (χ1v) is 11.5. The molecule has 0 aliphatic carbocycles. The number of ether oxygens (including phenoxy) is 1. The van der Waals surface area contributed by atoms with E-state index >= 15 is 0 Å². The van der Waals surface area contributed by atoms with Gasteiger partial charge in [0.1, 0.15) is 5.82 Å². The van der Waals surface area contributed by atoms with E-state index in [1.54, 1.807) is 42.0 Å². The number of imidazole rings is 1. The van der Waals surface area contributed by atoms with E-state index in [9.17, 15) is 14.3 Å². The topological polar surface area (TPSA) is 101 Å². The summed E-state index contributed by atoms with van der Waals surface area (Å²) in [6.07, 6.45) is 6.14. The Balaban J connectivity index is 1.35. The van der Waals surface area contributed by atoms with Crippen LogP contribution in [0.5, 0.6) is 0 Å². The molecule has 178 valence electrons. The Morgan fingerprint density at radius 3 is 2.74 bits per heavy atom. The number of carbonyl (C=O) groups is 1. The first kappa shape index (κ1) is 21.7. The number of hydrogen-bond donors (Lipinski definition) is 3. The SMILES string of the molecule is Cc1ccn2c(-c3ccc(Nc4ccc(C5(O)CCOCC5)cn4)c4c3CNC4=O)cnc2c1F. The highest BCUT2D eigenvalue weighted by molar-refractivity contribution is 6.06. The van der Waals surface area contributed by atoms with Crippen LogP contribution in [0.3, 0.4) is 0 Å². The largest absolute Gasteiger partial charge is 0.385 e. The van der Waals surface area contributed by atoms with Crippen LogP contribution in [0.25, 0.3) is 16.9 Å². The quantitative estimate of drug-likeness (QED) is 0.417. The highest BCUT2D eigenvalue weighted by Gasteiger charge is 2.32. The maximum atomic E-state index is 14.6. The molecule has 2 aliphatic heterocycles. The molecule has 3 aromatic heterocycles. The molecule has 1 amide bonds. The number of benzene rings is 1. The van der Waals surface area contributed by atoms with Crippen LogP contribution in [-0.2, 0) is 16.9 Å². The lowest BCUT2D eigenvalue weighted by Gasteiger charge is -2.32. The minimum Gasteiger partial charge on any atom is -0.385 e. The Hall–Kier alpha value is -3.82. The van der Waals surface area contributed by atoms with Gasteiger partial charge in [-0.15, -0.1) is 0 Å². The van der Waals surface area contributed by atoms with Crippen LogP contribution < -0.4 is 10.6 Å². The van der Waals surface area contributed by atoms with Crippen LogP contribution in [0.1, 0.15) is 39.9 Å². The molecule has 2 aliphatic rings. The zero-order valence-electron chi connectivity index (χ0n) is 19.1. The maximum Gasteiger partial charge on any atom is 0.254 e. The summed E-state index contributed by atoms with van der Waals surface area (Å²) >= 11 is 0. The average molecular weight is 474 g/mol. The van der Waals surface area contributed by atoms with Gasteiger partial charge in [-0.2, -0.15) is 0 Å². The fourth-order valence-electron chi connectivity index (χ4n) is 4.88. The standard InChI is InChI=1S/C26H24FN5O3/c1-15-6-9-32-20(14-29-24(32)23(15)27)17-3-4-19(22-18(17)13-30-25(22)33)31-21-5-2-16(12-28-21)26(34)7-10-35-11-8-26/h2-6,9,12,14,34H,7-8,10-11,13H2,1H3,(H,28,31)(H,30,33). The van der Waals surface area contributed by atoms with E-state index < -0.39 is 5.60 Å². The zero-order chi connectivity index (χ0) is 24.2. The first-order chi connectivity index (χ1) is 16.9. The summed E-state index contributed by atoms with van der Waals surface area (Å²) in [6, 6.07) is 9.08. The molecule has 6 rings (SSSR count). The lowest BCUT2D eigenvalue weighted by atomic mass is 9.87. The van der Waals surface area contributed by atoms with Crippen molar-refractivity contribution in [1.82, 2.24) is 19.7 Å². The van der Waals surface area contributed by atoms with Gasteiger partial charge in [0, 0.05) is 56.1 Å². The summed E-state index contributed by atoms with van der Waals surface area (Å²) in [4.78, 5) is 21.5. The van der Waals surface area contributed by atoms with Crippen molar-refractivity contribution < 1.29 is 19.0 Å². The van der Waals surface area contributed by atoms with E-state index in [4.69, 9.17) is 4.74 Å². The Morgan fingerprint density at radius 1 is 1.14 bits per heavy atom. The molecule has 35 heavy (non-hydrogen) atoms. The number of rotatable bonds is 4. The summed E-state index contributed by atoms with van der Waals surface area (Å²) in [6.45, 7) is 3.10. The summed E-state index contributed by atoms with van der Waals surface area (Å²) in [7, 11) is 0. The molecule has 0 unspecified atom stereocenters. The van der Waals surface area contributed by atoms with Crippen LogP contribution in [-0.4, -0.2) is 38.6 Å². The molecule has 4 aromatic rings. The normalized spacial score (nSPS) is 16.8. The molecule has 3 N–H and O–H groups in total. The van der Waals surface area contributed by atoms with Gasteiger partial charge in [-0.25, -0.2) is 14.4 Å². The monoisotopic (exact) mass is 473 g/mol. The van der Waals surface area contributed by atoms with Crippen molar-refractivity contribution in [1.29, 1.82) is 0 Å². The van der Waals surface area contributed by atoms with Crippen LogP contribution in [0.4, 0.5) is 15.9 Å². The van der Waals surface area contributed by atoms with Crippen molar-refractivity contribution in [3.05, 3.63) is 77.0 Å². The van der Waals surface area contributed by atoms with Gasteiger partial charge < -0.3 is 20.5 Å². The first-order valence-electron chi connectivity index (χ1n) is 11.5. The summed E-state index contributed by atoms with van der Waals surface area (Å²) in [5.74, 6) is 0.0163. The van der Waals surface area contributed by atoms with E-state index in [-0.39, 0.29) is 17.4 Å². The lowest BCUT2D eigenvalue weighted by Crippen LogP contribution is -2.33. The van der Waals surface area contributed by atoms with E-state index in [0.29, 0.717) is 60.9 Å². The summed E-state index contributed by atoms with van der Waals surface area (Å²) < 4.78 is 21.6. The average Bonchev–Trinajstić information content (AvgIpc) is 3.47. The van der Waals surface area contributed by atoms with E-state index in [0.717, 1.165) is 16.7 Å². The number of aliphatic hydroxyl groups is 1. The predicted molar refractivity (Wildman–Crippen MR) is 128 cm³/mol. The molecule has 0 saturated carbocycles. The van der Waals surface area contributed by atoms with Crippen molar-refractivity contribution >= 4 is 23.1 Å². The number of aromatic nitrogens is 3. The minimum atomic E-state index is -0.932. The third-order valence-corrected chi connectivity index (χ3v) is 6.94. The Labute approximate surface area is 200 Å². The molecule has 1 fully saturated rings. The molecule has 1 saturated heterocycles. The fourth-order valence-corrected chi connectivity index (χ4v) is 4.88. The highest BCUT2D eigenvalue weighted by Crippen LogP contribution is 2.36. The molecule has 8 nitrogen and oxygen atoms in total. The van der Waals surface area contributed by atoms with Crippen molar-refractivity contribution in [2.45, 2.75) is 31.9 Å². The maximum absolute atomic E-state index is 14.6. The summed E-state index contributed by atoms with van der Waals surface area (Å²) in [5, 5.41) is 17.0. The number of halogens is 1. The summed E-state index contributed by atoms with van der Waals surface area (Å²) in [5.41, 5.74) is 4.09. The zero-order valence-corrected chi connectivity index (χ0v) is 19.1. The van der Waals surface area contributed by atoms with Gasteiger partial charge in [0.2, 0.25) is 0 Å². The van der Waals surface area contributed by atoms with Gasteiger partial charge in [-0.3, -0.25) is 9.20 Å². The minimum absolute atomic E-state index is 0.187. The smallest absolute Gasteiger partial charge is 0.254 e. The van der Waals surface area contributed by atoms with Crippen LogP contribution in [0.15, 0.2) is 48.9 Å². The van der Waals surface area contributed by atoms with E-state index in [1.165, 1.54) is 0 Å². The number of nitrogens with zero attached hydrogens (tertiary/aromatic N) is 3. The Bertz CT molecular complexity index is 1460. The molecule has 1 aromatic carbocycles. The van der Waals surface area contributed by atoms with Crippen LogP contribution in [0.2, 0.25) is 0 Å². The van der Waals surface area contributed by atoms with E-state index in [2.05, 4.69) is 20.6 Å². The van der Waals surface area contributed by atoms with Crippen molar-refractivity contribution in [2.75, 3.05) is 18.5 Å². The van der Waals surface area contributed by atoms with Gasteiger partial charge in [0.15, 0.2) is 11.5 Å². The molecule has 5 heterocycles. The van der Waals surface area contributed by atoms with Gasteiger partial charge >= 0.3 is 0 Å². The predicted octanol–water partition coefficient (Wildman–Crippen LogP) is 3.83. The highest BCUT2D eigenvalue weighted by atomic mass is 19.1. The number of amides is 1. The number of fused-ring (bicyclic) bond motifs is 2. The van der Waals surface area contributed by atoms with Gasteiger partial charge in [0.25, 0.3) is 5.91 Å². The number of pyridine rings is 2. The molecular weight excluding hydrogens is 449 g/mol. The second kappa shape index (κ2) is 8.14. The van der Waals surface area contributed by atoms with Crippen LogP contribution in [0, 0.1) is 12.7 Å². The number of aryl methyl sites for hydroxylation is 1. The van der Waals surface area contributed by atoms with Crippen molar-refractivity contribution in [2.24, 2.45) is 0 Å².